The summed E-state index contributed by atoms with van der Waals surface area (Å²) in [6, 6.07) is 0. The first-order chi connectivity index (χ1) is 7.41. The maximum absolute atomic E-state index is 11.2. The quantitative estimate of drug-likeness (QED) is 0.639. The molecule has 7 nitrogen and oxygen atoms in total. The van der Waals surface area contributed by atoms with E-state index in [9.17, 15) is 14.4 Å². The molecule has 0 saturated carbocycles. The predicted molar refractivity (Wildman–Crippen MR) is 56.3 cm³/mol. The molecule has 3 N–H and O–H groups in total. The van der Waals surface area contributed by atoms with Gasteiger partial charge in [-0.05, 0) is 12.3 Å². The molecule has 1 atom stereocenters. The molecule has 1 rings (SSSR count). The van der Waals surface area contributed by atoms with Gasteiger partial charge in [-0.15, -0.1) is 0 Å². The number of rotatable bonds is 5. The third kappa shape index (κ3) is 2.85. The number of aromatic amines is 2. The van der Waals surface area contributed by atoms with E-state index in [1.54, 1.807) is 0 Å². The summed E-state index contributed by atoms with van der Waals surface area (Å²) in [7, 11) is 0. The predicted octanol–water partition coefficient (Wildman–Crippen LogP) is -0.388. The lowest BCUT2D eigenvalue weighted by Gasteiger charge is -2.13. The van der Waals surface area contributed by atoms with Gasteiger partial charge in [0.2, 0.25) is 0 Å². The summed E-state index contributed by atoms with van der Waals surface area (Å²) in [6.45, 7) is 3.67. The van der Waals surface area contributed by atoms with Crippen molar-refractivity contribution in [3.63, 3.8) is 0 Å². The number of carboxylic acids is 1. The number of aromatic nitrogens is 3. The molecule has 0 amide bonds. The van der Waals surface area contributed by atoms with E-state index in [0.717, 1.165) is 4.57 Å². The summed E-state index contributed by atoms with van der Waals surface area (Å²) in [6.07, 6.45) is 0.423. The first-order valence-electron chi connectivity index (χ1n) is 5.02. The van der Waals surface area contributed by atoms with Crippen LogP contribution < -0.4 is 11.4 Å². The summed E-state index contributed by atoms with van der Waals surface area (Å²) in [5.41, 5.74) is -1.22. The fraction of sp³-hybridized carbons (Fsp3) is 0.667. The minimum atomic E-state index is -0.999. The van der Waals surface area contributed by atoms with Crippen molar-refractivity contribution in [1.29, 1.82) is 0 Å². The molecule has 7 heteroatoms. The van der Waals surface area contributed by atoms with E-state index < -0.39 is 23.3 Å². The Morgan fingerprint density at radius 1 is 1.31 bits per heavy atom. The van der Waals surface area contributed by atoms with E-state index in [1.807, 2.05) is 13.8 Å². The van der Waals surface area contributed by atoms with Crippen LogP contribution in [0.4, 0.5) is 0 Å². The lowest BCUT2D eigenvalue weighted by atomic mass is 9.97. The standard InChI is InChI=1S/C9H15N3O4/c1-5(2)3-6(7(13)14)4-12-8(15)10-11-9(12)16/h5-6H,3-4H2,1-2H3,(H,10,15)(H,11,16)(H,13,14). The Morgan fingerprint density at radius 3 is 2.19 bits per heavy atom. The maximum atomic E-state index is 11.2. The average molecular weight is 229 g/mol. The smallest absolute Gasteiger partial charge is 0.344 e. The van der Waals surface area contributed by atoms with Crippen molar-refractivity contribution >= 4 is 5.97 Å². The van der Waals surface area contributed by atoms with Crippen LogP contribution in [-0.2, 0) is 11.3 Å². The van der Waals surface area contributed by atoms with Crippen molar-refractivity contribution in [2.24, 2.45) is 11.8 Å². The molecular formula is C9H15N3O4. The third-order valence-corrected chi connectivity index (χ3v) is 2.27. The van der Waals surface area contributed by atoms with Gasteiger partial charge in [-0.25, -0.2) is 24.4 Å². The lowest BCUT2D eigenvalue weighted by Crippen LogP contribution is -2.33. The number of hydrogen-bond acceptors (Lipinski definition) is 3. The van der Waals surface area contributed by atoms with Gasteiger partial charge in [0.05, 0.1) is 5.92 Å². The van der Waals surface area contributed by atoms with Crippen molar-refractivity contribution in [2.75, 3.05) is 0 Å². The van der Waals surface area contributed by atoms with Crippen LogP contribution in [-0.4, -0.2) is 25.8 Å². The normalized spacial score (nSPS) is 12.9. The minimum Gasteiger partial charge on any atom is -0.481 e. The van der Waals surface area contributed by atoms with Gasteiger partial charge in [-0.3, -0.25) is 4.79 Å². The zero-order valence-electron chi connectivity index (χ0n) is 9.19. The first kappa shape index (κ1) is 12.3. The number of hydrogen-bond donors (Lipinski definition) is 3. The fourth-order valence-corrected chi connectivity index (χ4v) is 1.54. The number of carbonyl (C=O) groups is 1. The maximum Gasteiger partial charge on any atom is 0.344 e. The van der Waals surface area contributed by atoms with Gasteiger partial charge < -0.3 is 5.11 Å². The fourth-order valence-electron chi connectivity index (χ4n) is 1.54. The summed E-state index contributed by atoms with van der Waals surface area (Å²) in [5.74, 6) is -1.54. The summed E-state index contributed by atoms with van der Waals surface area (Å²) in [4.78, 5) is 33.3. The molecule has 0 saturated heterocycles. The molecule has 16 heavy (non-hydrogen) atoms. The third-order valence-electron chi connectivity index (χ3n) is 2.27. The molecule has 0 aliphatic carbocycles. The van der Waals surface area contributed by atoms with E-state index in [0.29, 0.717) is 6.42 Å². The van der Waals surface area contributed by atoms with Crippen LogP contribution in [0, 0.1) is 11.8 Å². The van der Waals surface area contributed by atoms with Crippen molar-refractivity contribution < 1.29 is 9.90 Å². The number of carboxylic acid groups (broad SMARTS) is 1. The largest absolute Gasteiger partial charge is 0.481 e. The molecule has 0 radical (unpaired) electrons. The lowest BCUT2D eigenvalue weighted by molar-refractivity contribution is -0.142. The number of nitrogens with one attached hydrogen (secondary N) is 2. The molecule has 0 fully saturated rings. The van der Waals surface area contributed by atoms with Gasteiger partial charge in [0.15, 0.2) is 0 Å². The number of nitrogens with zero attached hydrogens (tertiary/aromatic N) is 1. The van der Waals surface area contributed by atoms with E-state index in [1.165, 1.54) is 0 Å². The molecule has 1 aromatic rings. The van der Waals surface area contributed by atoms with Gasteiger partial charge >= 0.3 is 17.3 Å². The molecule has 0 bridgehead atoms. The second-order valence-corrected chi connectivity index (χ2v) is 4.14. The Hall–Kier alpha value is -1.79. The Morgan fingerprint density at radius 2 is 1.81 bits per heavy atom. The zero-order valence-corrected chi connectivity index (χ0v) is 9.19. The van der Waals surface area contributed by atoms with Gasteiger partial charge in [0, 0.05) is 6.54 Å². The highest BCUT2D eigenvalue weighted by Crippen LogP contribution is 2.12. The highest BCUT2D eigenvalue weighted by molar-refractivity contribution is 5.69. The van der Waals surface area contributed by atoms with E-state index in [-0.39, 0.29) is 12.5 Å². The zero-order chi connectivity index (χ0) is 12.3. The van der Waals surface area contributed by atoms with Crippen LogP contribution >= 0.6 is 0 Å². The minimum absolute atomic E-state index is 0.106. The first-order valence-corrected chi connectivity index (χ1v) is 5.02. The second-order valence-electron chi connectivity index (χ2n) is 4.14. The second kappa shape index (κ2) is 4.82. The highest BCUT2D eigenvalue weighted by atomic mass is 16.4. The highest BCUT2D eigenvalue weighted by Gasteiger charge is 2.21. The van der Waals surface area contributed by atoms with Gasteiger partial charge in [-0.1, -0.05) is 13.8 Å². The average Bonchev–Trinajstić information content (AvgIpc) is 2.47. The monoisotopic (exact) mass is 229 g/mol. The SMILES string of the molecule is CC(C)CC(Cn1c(=O)[nH][nH]c1=O)C(=O)O. The van der Waals surface area contributed by atoms with Gasteiger partial charge in [0.1, 0.15) is 0 Å². The van der Waals surface area contributed by atoms with Crippen LogP contribution in [0.5, 0.6) is 0 Å². The Balaban J connectivity index is 2.88. The Kier molecular flexibility index (Phi) is 3.70. The Labute approximate surface area is 91.1 Å². The molecule has 1 unspecified atom stereocenters. The van der Waals surface area contributed by atoms with Crippen molar-refractivity contribution in [3.8, 4) is 0 Å². The van der Waals surface area contributed by atoms with Crippen molar-refractivity contribution in [2.45, 2.75) is 26.8 Å². The Bertz CT molecular complexity index is 440. The molecular weight excluding hydrogens is 214 g/mol. The topological polar surface area (TPSA) is 108 Å². The van der Waals surface area contributed by atoms with Gasteiger partial charge in [-0.2, -0.15) is 0 Å². The molecule has 0 spiro atoms. The van der Waals surface area contributed by atoms with Crippen LogP contribution in [0.1, 0.15) is 20.3 Å². The summed E-state index contributed by atoms with van der Waals surface area (Å²) >= 11 is 0. The number of H-pyrrole nitrogens is 2. The molecule has 90 valence electrons. The molecule has 0 aromatic carbocycles. The van der Waals surface area contributed by atoms with E-state index in [4.69, 9.17) is 5.11 Å². The molecule has 0 aliphatic heterocycles. The summed E-state index contributed by atoms with van der Waals surface area (Å²) in [5, 5.41) is 13.2. The van der Waals surface area contributed by atoms with Crippen LogP contribution in [0.25, 0.3) is 0 Å². The van der Waals surface area contributed by atoms with Crippen LogP contribution in [0.15, 0.2) is 9.59 Å². The molecule has 1 aromatic heterocycles. The van der Waals surface area contributed by atoms with Crippen LogP contribution in [0.2, 0.25) is 0 Å². The van der Waals surface area contributed by atoms with Crippen LogP contribution in [0.3, 0.4) is 0 Å². The van der Waals surface area contributed by atoms with E-state index >= 15 is 0 Å². The molecule has 1 heterocycles. The van der Waals surface area contributed by atoms with E-state index in [2.05, 4.69) is 10.2 Å². The summed E-state index contributed by atoms with van der Waals surface area (Å²) < 4.78 is 0.862. The van der Waals surface area contributed by atoms with Crippen molar-refractivity contribution in [3.05, 3.63) is 21.0 Å². The van der Waals surface area contributed by atoms with Gasteiger partial charge in [0.25, 0.3) is 0 Å². The molecule has 0 aliphatic rings. The number of aliphatic carboxylic acids is 1. The van der Waals surface area contributed by atoms with Crippen molar-refractivity contribution in [1.82, 2.24) is 14.8 Å².